The van der Waals surface area contributed by atoms with Crippen LogP contribution in [0.1, 0.15) is 56.9 Å². The first-order chi connectivity index (χ1) is 12.9. The number of carbonyl (C=O) groups excluding carboxylic acids is 1. The highest BCUT2D eigenvalue weighted by atomic mass is 19.4. The van der Waals surface area contributed by atoms with Gasteiger partial charge in [-0.2, -0.15) is 13.2 Å². The van der Waals surface area contributed by atoms with Crippen molar-refractivity contribution < 1.29 is 22.7 Å². The number of para-hydroxylation sites is 1. The van der Waals surface area contributed by atoms with E-state index in [0.29, 0.717) is 12.8 Å². The second kappa shape index (κ2) is 8.85. The number of rotatable bonds is 5. The molecule has 0 aliphatic heterocycles. The number of carbonyl (C=O) groups is 1. The number of hydrogen-bond donors (Lipinski definition) is 2. The lowest BCUT2D eigenvalue weighted by molar-refractivity contribution is -0.183. The molecule has 1 aromatic rings. The molecule has 7 heteroatoms. The number of urea groups is 1. The Balaban J connectivity index is 1.49. The van der Waals surface area contributed by atoms with Gasteiger partial charge in [-0.1, -0.05) is 24.6 Å². The minimum atomic E-state index is -4.19. The van der Waals surface area contributed by atoms with Gasteiger partial charge in [0.05, 0.1) is 12.0 Å². The summed E-state index contributed by atoms with van der Waals surface area (Å²) in [4.78, 5) is 12.2. The number of amides is 2. The first kappa shape index (κ1) is 19.8. The van der Waals surface area contributed by atoms with Crippen molar-refractivity contribution in [2.24, 2.45) is 5.92 Å². The summed E-state index contributed by atoms with van der Waals surface area (Å²) in [5.41, 5.74) is 0.872. The smallest absolute Gasteiger partial charge is 0.391 e. The van der Waals surface area contributed by atoms with Crippen molar-refractivity contribution in [1.29, 1.82) is 0 Å². The molecule has 0 heterocycles. The number of ether oxygens (including phenoxy) is 1. The molecule has 0 bridgehead atoms. The molecule has 4 nitrogen and oxygen atoms in total. The van der Waals surface area contributed by atoms with Gasteiger partial charge in [0.25, 0.3) is 0 Å². The zero-order valence-electron chi connectivity index (χ0n) is 15.4. The number of benzene rings is 1. The monoisotopic (exact) mass is 384 g/mol. The van der Waals surface area contributed by atoms with Gasteiger partial charge < -0.3 is 15.4 Å². The average Bonchev–Trinajstić information content (AvgIpc) is 3.14. The molecule has 3 rings (SSSR count). The van der Waals surface area contributed by atoms with Gasteiger partial charge in [-0.25, -0.2) is 4.79 Å². The van der Waals surface area contributed by atoms with Crippen LogP contribution in [0.4, 0.5) is 18.0 Å². The molecule has 27 heavy (non-hydrogen) atoms. The fraction of sp³-hybridized carbons (Fsp3) is 0.650. The van der Waals surface area contributed by atoms with Crippen LogP contribution >= 0.6 is 0 Å². The second-order valence-corrected chi connectivity index (χ2v) is 7.56. The van der Waals surface area contributed by atoms with Crippen LogP contribution in [0.2, 0.25) is 0 Å². The molecule has 2 saturated carbocycles. The van der Waals surface area contributed by atoms with Gasteiger partial charge >= 0.3 is 12.2 Å². The Morgan fingerprint density at radius 3 is 2.56 bits per heavy atom. The normalized spacial score (nSPS) is 23.8. The molecule has 2 aliphatic carbocycles. The molecule has 2 fully saturated rings. The summed E-state index contributed by atoms with van der Waals surface area (Å²) in [5, 5.41) is 5.45. The van der Waals surface area contributed by atoms with Crippen LogP contribution in [0, 0.1) is 5.92 Å². The molecule has 0 spiro atoms. The number of nitrogens with one attached hydrogen (secondary N) is 2. The number of alkyl halides is 3. The molecule has 2 amide bonds. The van der Waals surface area contributed by atoms with Crippen LogP contribution in [0.3, 0.4) is 0 Å². The van der Waals surface area contributed by atoms with E-state index < -0.39 is 24.2 Å². The molecule has 0 radical (unpaired) electrons. The van der Waals surface area contributed by atoms with E-state index in [1.54, 1.807) is 0 Å². The lowest BCUT2D eigenvalue weighted by Gasteiger charge is -2.31. The maximum atomic E-state index is 12.9. The zero-order valence-corrected chi connectivity index (χ0v) is 15.4. The van der Waals surface area contributed by atoms with E-state index in [2.05, 4.69) is 10.6 Å². The highest BCUT2D eigenvalue weighted by molar-refractivity contribution is 5.74. The molecule has 2 atom stereocenters. The Morgan fingerprint density at radius 1 is 1.07 bits per heavy atom. The maximum absolute atomic E-state index is 12.9. The van der Waals surface area contributed by atoms with Crippen LogP contribution < -0.4 is 15.4 Å². The van der Waals surface area contributed by atoms with Crippen molar-refractivity contribution in [2.75, 3.05) is 0 Å². The molecular weight excluding hydrogens is 357 g/mol. The third kappa shape index (κ3) is 5.78. The van der Waals surface area contributed by atoms with Crippen molar-refractivity contribution in [3.05, 3.63) is 29.8 Å². The van der Waals surface area contributed by atoms with Crippen molar-refractivity contribution in [3.63, 3.8) is 0 Å². The summed E-state index contributed by atoms with van der Waals surface area (Å²) < 4.78 is 44.7. The Morgan fingerprint density at radius 2 is 1.81 bits per heavy atom. The van der Waals surface area contributed by atoms with Gasteiger partial charge in [0.2, 0.25) is 0 Å². The van der Waals surface area contributed by atoms with E-state index in [1.165, 1.54) is 12.8 Å². The van der Waals surface area contributed by atoms with Gasteiger partial charge in [0, 0.05) is 18.2 Å². The molecular formula is C20H27F3N2O2. The third-order valence-corrected chi connectivity index (χ3v) is 5.48. The summed E-state index contributed by atoms with van der Waals surface area (Å²) in [6, 6.07) is 6.69. The van der Waals surface area contributed by atoms with Gasteiger partial charge in [-0.3, -0.25) is 0 Å². The highest BCUT2D eigenvalue weighted by Gasteiger charge is 2.42. The lowest BCUT2D eigenvalue weighted by atomic mass is 9.85. The van der Waals surface area contributed by atoms with Crippen LogP contribution in [0.15, 0.2) is 24.3 Å². The van der Waals surface area contributed by atoms with Crippen molar-refractivity contribution in [3.8, 4) is 5.75 Å². The SMILES string of the molecule is O=C(NCc1ccccc1OC1CCCC1)NC1CCCC(C(F)(F)F)C1. The van der Waals surface area contributed by atoms with E-state index in [4.69, 9.17) is 4.74 Å². The van der Waals surface area contributed by atoms with Crippen molar-refractivity contribution >= 4 is 6.03 Å². The van der Waals surface area contributed by atoms with Gasteiger partial charge in [0.1, 0.15) is 5.75 Å². The topological polar surface area (TPSA) is 50.4 Å². The second-order valence-electron chi connectivity index (χ2n) is 7.56. The summed E-state index contributed by atoms with van der Waals surface area (Å²) in [6.07, 6.45) is 1.65. The first-order valence-corrected chi connectivity index (χ1v) is 9.77. The third-order valence-electron chi connectivity index (χ3n) is 5.48. The standard InChI is InChI=1S/C20H27F3N2O2/c21-20(22,23)15-7-5-8-16(12-15)25-19(26)24-13-14-6-1-4-11-18(14)27-17-9-2-3-10-17/h1,4,6,11,15-17H,2-3,5,7-10,12-13H2,(H2,24,25,26). The molecule has 2 unspecified atom stereocenters. The number of halogens is 3. The summed E-state index contributed by atoms with van der Waals surface area (Å²) >= 11 is 0. The van der Waals surface area contributed by atoms with Crippen molar-refractivity contribution in [1.82, 2.24) is 10.6 Å². The zero-order chi connectivity index (χ0) is 19.3. The summed E-state index contributed by atoms with van der Waals surface area (Å²) in [5.74, 6) is -0.559. The molecule has 2 N–H and O–H groups in total. The van der Waals surface area contributed by atoms with Gasteiger partial charge in [0.15, 0.2) is 0 Å². The molecule has 0 saturated heterocycles. The van der Waals surface area contributed by atoms with E-state index in [0.717, 1.165) is 24.2 Å². The van der Waals surface area contributed by atoms with E-state index >= 15 is 0 Å². The van der Waals surface area contributed by atoms with Gasteiger partial charge in [-0.05, 0) is 51.0 Å². The Hall–Kier alpha value is -1.92. The van der Waals surface area contributed by atoms with Crippen LogP contribution in [0.5, 0.6) is 5.75 Å². The van der Waals surface area contributed by atoms with E-state index in [-0.39, 0.29) is 25.5 Å². The van der Waals surface area contributed by atoms with Crippen LogP contribution in [-0.2, 0) is 6.54 Å². The maximum Gasteiger partial charge on any atom is 0.391 e. The molecule has 2 aliphatic rings. The number of hydrogen-bond acceptors (Lipinski definition) is 2. The van der Waals surface area contributed by atoms with Crippen LogP contribution in [-0.4, -0.2) is 24.4 Å². The average molecular weight is 384 g/mol. The summed E-state index contributed by atoms with van der Waals surface area (Å²) in [7, 11) is 0. The first-order valence-electron chi connectivity index (χ1n) is 9.77. The minimum absolute atomic E-state index is 0.0434. The Labute approximate surface area is 157 Å². The van der Waals surface area contributed by atoms with Crippen molar-refractivity contribution in [2.45, 2.75) is 76.2 Å². The molecule has 1 aromatic carbocycles. The fourth-order valence-electron chi connectivity index (χ4n) is 3.98. The van der Waals surface area contributed by atoms with E-state index in [9.17, 15) is 18.0 Å². The van der Waals surface area contributed by atoms with Gasteiger partial charge in [-0.15, -0.1) is 0 Å². The lowest BCUT2D eigenvalue weighted by Crippen LogP contribution is -2.45. The predicted molar refractivity (Wildman–Crippen MR) is 96.5 cm³/mol. The Bertz CT molecular complexity index is 630. The molecule has 0 aromatic heterocycles. The minimum Gasteiger partial charge on any atom is -0.490 e. The quantitative estimate of drug-likeness (QED) is 0.756. The predicted octanol–water partition coefficient (Wildman–Crippen LogP) is 4.93. The molecule has 150 valence electrons. The largest absolute Gasteiger partial charge is 0.490 e. The van der Waals surface area contributed by atoms with E-state index in [1.807, 2.05) is 24.3 Å². The highest BCUT2D eigenvalue weighted by Crippen LogP contribution is 2.37. The summed E-state index contributed by atoms with van der Waals surface area (Å²) in [6.45, 7) is 0.282. The van der Waals surface area contributed by atoms with Crippen LogP contribution in [0.25, 0.3) is 0 Å². The Kier molecular flexibility index (Phi) is 6.50. The fourth-order valence-corrected chi connectivity index (χ4v) is 3.98.